The molecule has 0 unspecified atom stereocenters. The van der Waals surface area contributed by atoms with Crippen LogP contribution in [0.1, 0.15) is 52.4 Å². The Bertz CT molecular complexity index is 193. The molecule has 0 saturated carbocycles. The van der Waals surface area contributed by atoms with Crippen molar-refractivity contribution >= 4 is 8.32 Å². The van der Waals surface area contributed by atoms with Crippen LogP contribution in [0.5, 0.6) is 0 Å². The van der Waals surface area contributed by atoms with Crippen LogP contribution in [0.3, 0.4) is 0 Å². The van der Waals surface area contributed by atoms with Crippen LogP contribution in [-0.4, -0.2) is 14.4 Å². The maximum absolute atomic E-state index is 6.21. The average molecular weight is 242 g/mol. The predicted octanol–water partition coefficient (Wildman–Crippen LogP) is 5.14. The largest absolute Gasteiger partial charge is 0.414 e. The van der Waals surface area contributed by atoms with Crippen molar-refractivity contribution in [1.29, 1.82) is 0 Å². The minimum atomic E-state index is -1.40. The highest BCUT2D eigenvalue weighted by atomic mass is 28.4. The molecule has 0 aliphatic rings. The minimum absolute atomic E-state index is 0.418. The second-order valence-corrected chi connectivity index (χ2v) is 10.3. The van der Waals surface area contributed by atoms with Gasteiger partial charge in [-0.15, -0.1) is 6.58 Å². The fraction of sp³-hybridized carbons (Fsp3) is 0.857. The van der Waals surface area contributed by atoms with Gasteiger partial charge in [0, 0.05) is 6.10 Å². The molecular formula is C14H30OSi. The Morgan fingerprint density at radius 2 is 1.81 bits per heavy atom. The molecule has 1 nitrogen and oxygen atoms in total. The minimum Gasteiger partial charge on any atom is -0.414 e. The summed E-state index contributed by atoms with van der Waals surface area (Å²) < 4.78 is 6.21. The van der Waals surface area contributed by atoms with E-state index in [0.717, 1.165) is 6.42 Å². The zero-order valence-corrected chi connectivity index (χ0v) is 12.9. The van der Waals surface area contributed by atoms with Crippen molar-refractivity contribution in [1.82, 2.24) is 0 Å². The highest BCUT2D eigenvalue weighted by Gasteiger charge is 2.20. The lowest BCUT2D eigenvalue weighted by atomic mass is 10.0. The number of hydrogen-bond acceptors (Lipinski definition) is 1. The second kappa shape index (κ2) is 8.07. The molecule has 0 N–H and O–H groups in total. The molecule has 16 heavy (non-hydrogen) atoms. The van der Waals surface area contributed by atoms with E-state index >= 15 is 0 Å². The maximum Gasteiger partial charge on any atom is 0.184 e. The van der Waals surface area contributed by atoms with Gasteiger partial charge in [0.15, 0.2) is 8.32 Å². The van der Waals surface area contributed by atoms with Gasteiger partial charge in [0.1, 0.15) is 0 Å². The van der Waals surface area contributed by atoms with Crippen molar-refractivity contribution in [2.24, 2.45) is 0 Å². The van der Waals surface area contributed by atoms with Crippen molar-refractivity contribution in [3.05, 3.63) is 12.2 Å². The Morgan fingerprint density at radius 1 is 1.19 bits per heavy atom. The summed E-state index contributed by atoms with van der Waals surface area (Å²) in [6, 6.07) is 0. The summed E-state index contributed by atoms with van der Waals surface area (Å²) in [6.45, 7) is 15.2. The van der Waals surface area contributed by atoms with E-state index in [9.17, 15) is 0 Å². The first-order valence-corrected chi connectivity index (χ1v) is 10.1. The summed E-state index contributed by atoms with van der Waals surface area (Å²) >= 11 is 0. The normalized spacial score (nSPS) is 13.8. The third-order valence-electron chi connectivity index (χ3n) is 2.48. The molecule has 0 aliphatic heterocycles. The van der Waals surface area contributed by atoms with Crippen LogP contribution >= 0.6 is 0 Å². The molecule has 0 aromatic carbocycles. The second-order valence-electron chi connectivity index (χ2n) is 5.86. The van der Waals surface area contributed by atoms with Crippen LogP contribution in [0.15, 0.2) is 12.2 Å². The third kappa shape index (κ3) is 10.4. The van der Waals surface area contributed by atoms with Gasteiger partial charge in [0.05, 0.1) is 0 Å². The SMILES string of the molecule is C=C(C)C[C@H](CCCCCC)O[Si](C)(C)C. The lowest BCUT2D eigenvalue weighted by molar-refractivity contribution is 0.179. The molecule has 0 aromatic rings. The van der Waals surface area contributed by atoms with Gasteiger partial charge in [0.25, 0.3) is 0 Å². The van der Waals surface area contributed by atoms with Crippen LogP contribution in [-0.2, 0) is 4.43 Å². The van der Waals surface area contributed by atoms with Gasteiger partial charge in [-0.05, 0) is 39.4 Å². The summed E-state index contributed by atoms with van der Waals surface area (Å²) in [7, 11) is -1.40. The number of hydrogen-bond donors (Lipinski definition) is 0. The number of rotatable bonds is 9. The summed E-state index contributed by atoms with van der Waals surface area (Å²) in [5.74, 6) is 0. The Hall–Kier alpha value is -0.0831. The highest BCUT2D eigenvalue weighted by molar-refractivity contribution is 6.69. The van der Waals surface area contributed by atoms with E-state index in [-0.39, 0.29) is 0 Å². The molecule has 96 valence electrons. The van der Waals surface area contributed by atoms with Crippen molar-refractivity contribution in [2.75, 3.05) is 0 Å². The first-order chi connectivity index (χ1) is 7.35. The van der Waals surface area contributed by atoms with E-state index < -0.39 is 8.32 Å². The molecule has 0 radical (unpaired) electrons. The van der Waals surface area contributed by atoms with Crippen molar-refractivity contribution in [2.45, 2.75) is 78.1 Å². The van der Waals surface area contributed by atoms with Gasteiger partial charge in [-0.1, -0.05) is 38.2 Å². The van der Waals surface area contributed by atoms with Gasteiger partial charge in [-0.3, -0.25) is 0 Å². The summed E-state index contributed by atoms with van der Waals surface area (Å²) in [5.41, 5.74) is 1.25. The molecule has 0 heterocycles. The van der Waals surface area contributed by atoms with E-state index in [1.807, 2.05) is 0 Å². The third-order valence-corrected chi connectivity index (χ3v) is 3.52. The fourth-order valence-electron chi connectivity index (χ4n) is 1.89. The van der Waals surface area contributed by atoms with Gasteiger partial charge in [-0.2, -0.15) is 0 Å². The molecule has 1 atom stereocenters. The van der Waals surface area contributed by atoms with Crippen LogP contribution in [0.25, 0.3) is 0 Å². The number of unbranched alkanes of at least 4 members (excludes halogenated alkanes) is 3. The van der Waals surface area contributed by atoms with Crippen molar-refractivity contribution in [3.63, 3.8) is 0 Å². The summed E-state index contributed by atoms with van der Waals surface area (Å²) in [5, 5.41) is 0. The zero-order valence-electron chi connectivity index (χ0n) is 11.9. The van der Waals surface area contributed by atoms with Crippen LogP contribution in [0.4, 0.5) is 0 Å². The van der Waals surface area contributed by atoms with Crippen LogP contribution in [0, 0.1) is 0 Å². The standard InChI is InChI=1S/C14H30OSi/c1-7-8-9-10-11-14(12-13(2)3)15-16(4,5)6/h14H,2,7-12H2,1,3-6H3/t14-/m0/s1. The van der Waals surface area contributed by atoms with E-state index in [1.165, 1.54) is 37.7 Å². The molecule has 0 aliphatic carbocycles. The van der Waals surface area contributed by atoms with E-state index in [4.69, 9.17) is 4.43 Å². The highest BCUT2D eigenvalue weighted by Crippen LogP contribution is 2.19. The van der Waals surface area contributed by atoms with E-state index in [0.29, 0.717) is 6.10 Å². The molecular weight excluding hydrogens is 212 g/mol. The molecule has 0 bridgehead atoms. The fourth-order valence-corrected chi connectivity index (χ4v) is 3.09. The van der Waals surface area contributed by atoms with Gasteiger partial charge >= 0.3 is 0 Å². The zero-order chi connectivity index (χ0) is 12.6. The van der Waals surface area contributed by atoms with Crippen LogP contribution in [0.2, 0.25) is 19.6 Å². The first-order valence-electron chi connectivity index (χ1n) is 6.67. The molecule has 2 heteroatoms. The Kier molecular flexibility index (Phi) is 8.03. The quantitative estimate of drug-likeness (QED) is 0.309. The Balaban J connectivity index is 3.96. The molecule has 0 fully saturated rings. The van der Waals surface area contributed by atoms with E-state index in [1.54, 1.807) is 0 Å². The van der Waals surface area contributed by atoms with E-state index in [2.05, 4.69) is 40.1 Å². The maximum atomic E-state index is 6.21. The average Bonchev–Trinajstić information content (AvgIpc) is 2.08. The Morgan fingerprint density at radius 3 is 2.25 bits per heavy atom. The lowest BCUT2D eigenvalue weighted by Gasteiger charge is -2.26. The predicted molar refractivity (Wildman–Crippen MR) is 76.4 cm³/mol. The Labute approximate surface area is 103 Å². The van der Waals surface area contributed by atoms with Gasteiger partial charge in [0.2, 0.25) is 0 Å². The monoisotopic (exact) mass is 242 g/mol. The smallest absolute Gasteiger partial charge is 0.184 e. The molecule has 0 amide bonds. The van der Waals surface area contributed by atoms with Crippen molar-refractivity contribution < 1.29 is 4.43 Å². The van der Waals surface area contributed by atoms with Gasteiger partial charge in [-0.25, -0.2) is 0 Å². The molecule has 0 saturated heterocycles. The summed E-state index contributed by atoms with van der Waals surface area (Å²) in [6.07, 6.45) is 7.97. The summed E-state index contributed by atoms with van der Waals surface area (Å²) in [4.78, 5) is 0. The van der Waals surface area contributed by atoms with Crippen molar-refractivity contribution in [3.8, 4) is 0 Å². The molecule has 0 spiro atoms. The van der Waals surface area contributed by atoms with Gasteiger partial charge < -0.3 is 4.43 Å². The molecule has 0 aromatic heterocycles. The first kappa shape index (κ1) is 15.9. The topological polar surface area (TPSA) is 9.23 Å². The van der Waals surface area contributed by atoms with Crippen LogP contribution < -0.4 is 0 Å². The molecule has 0 rings (SSSR count). The lowest BCUT2D eigenvalue weighted by Crippen LogP contribution is -2.32.